The van der Waals surface area contributed by atoms with Crippen LogP contribution in [0.25, 0.3) is 0 Å². The Balaban J connectivity index is 1.87. The molecule has 1 atom stereocenters. The van der Waals surface area contributed by atoms with Crippen LogP contribution in [0.4, 0.5) is 5.00 Å². The fourth-order valence-corrected chi connectivity index (χ4v) is 2.72. The zero-order valence-electron chi connectivity index (χ0n) is 8.07. The first-order valence-electron chi connectivity index (χ1n) is 4.67. The first-order chi connectivity index (χ1) is 6.86. The van der Waals surface area contributed by atoms with Crippen molar-refractivity contribution in [1.82, 2.24) is 0 Å². The highest BCUT2D eigenvalue weighted by atomic mass is 32.1. The number of nitrogens with one attached hydrogen (secondary N) is 1. The molecule has 0 aliphatic rings. The topological polar surface area (TPSA) is 12.0 Å². The van der Waals surface area contributed by atoms with E-state index in [1.54, 1.807) is 11.3 Å². The molecule has 1 unspecified atom stereocenters. The Hall–Kier alpha value is -0.800. The summed E-state index contributed by atoms with van der Waals surface area (Å²) in [5.41, 5.74) is 0. The van der Waals surface area contributed by atoms with E-state index in [9.17, 15) is 0 Å². The van der Waals surface area contributed by atoms with E-state index in [4.69, 9.17) is 0 Å². The van der Waals surface area contributed by atoms with Crippen molar-refractivity contribution in [2.75, 3.05) is 11.9 Å². The fraction of sp³-hybridized carbons (Fsp3) is 0.273. The van der Waals surface area contributed by atoms with Crippen LogP contribution in [0.3, 0.4) is 0 Å². The molecular weight excluding hydrogens is 210 g/mol. The maximum Gasteiger partial charge on any atom is 0.0882 e. The average molecular weight is 223 g/mol. The van der Waals surface area contributed by atoms with Crippen LogP contribution in [0.5, 0.6) is 0 Å². The van der Waals surface area contributed by atoms with Gasteiger partial charge in [0, 0.05) is 17.3 Å². The van der Waals surface area contributed by atoms with Crippen molar-refractivity contribution in [2.24, 2.45) is 0 Å². The molecule has 0 saturated heterocycles. The largest absolute Gasteiger partial charge is 0.376 e. The van der Waals surface area contributed by atoms with Gasteiger partial charge in [-0.1, -0.05) is 13.0 Å². The Morgan fingerprint density at radius 1 is 1.21 bits per heavy atom. The Kier molecular flexibility index (Phi) is 3.22. The highest BCUT2D eigenvalue weighted by Crippen LogP contribution is 2.22. The van der Waals surface area contributed by atoms with Crippen LogP contribution in [0.1, 0.15) is 17.7 Å². The van der Waals surface area contributed by atoms with Gasteiger partial charge in [0.25, 0.3) is 0 Å². The van der Waals surface area contributed by atoms with Gasteiger partial charge >= 0.3 is 0 Å². The lowest BCUT2D eigenvalue weighted by Crippen LogP contribution is -2.07. The average Bonchev–Trinajstić information content (AvgIpc) is 2.87. The van der Waals surface area contributed by atoms with Crippen molar-refractivity contribution >= 4 is 27.7 Å². The maximum atomic E-state index is 3.44. The molecule has 0 saturated carbocycles. The molecule has 0 amide bonds. The predicted molar refractivity (Wildman–Crippen MR) is 65.5 cm³/mol. The second-order valence-electron chi connectivity index (χ2n) is 3.27. The molecule has 0 aromatic carbocycles. The van der Waals surface area contributed by atoms with Gasteiger partial charge in [-0.3, -0.25) is 0 Å². The van der Waals surface area contributed by atoms with Gasteiger partial charge in [0.2, 0.25) is 0 Å². The molecule has 2 aromatic rings. The van der Waals surface area contributed by atoms with Crippen LogP contribution in [-0.2, 0) is 0 Å². The summed E-state index contributed by atoms with van der Waals surface area (Å²) in [4.78, 5) is 1.45. The molecular formula is C11H13NS2. The van der Waals surface area contributed by atoms with Crippen LogP contribution in [0, 0.1) is 0 Å². The minimum Gasteiger partial charge on any atom is -0.376 e. The first-order valence-corrected chi connectivity index (χ1v) is 6.43. The van der Waals surface area contributed by atoms with Crippen molar-refractivity contribution in [3.63, 3.8) is 0 Å². The van der Waals surface area contributed by atoms with E-state index in [1.165, 1.54) is 9.88 Å². The third-order valence-electron chi connectivity index (χ3n) is 2.13. The monoisotopic (exact) mass is 223 g/mol. The van der Waals surface area contributed by atoms with Crippen LogP contribution in [-0.4, -0.2) is 6.54 Å². The molecule has 1 N–H and O–H groups in total. The highest BCUT2D eigenvalue weighted by molar-refractivity contribution is 7.14. The van der Waals surface area contributed by atoms with E-state index >= 15 is 0 Å². The number of anilines is 1. The lowest BCUT2D eigenvalue weighted by Gasteiger charge is -2.10. The summed E-state index contributed by atoms with van der Waals surface area (Å²) in [5, 5.41) is 8.93. The Bertz CT molecular complexity index is 351. The van der Waals surface area contributed by atoms with Gasteiger partial charge in [-0.15, -0.1) is 22.7 Å². The van der Waals surface area contributed by atoms with Crippen LogP contribution < -0.4 is 5.32 Å². The third kappa shape index (κ3) is 2.36. The zero-order valence-corrected chi connectivity index (χ0v) is 9.70. The molecule has 0 aliphatic carbocycles. The number of rotatable bonds is 4. The van der Waals surface area contributed by atoms with E-state index in [2.05, 4.69) is 47.3 Å². The van der Waals surface area contributed by atoms with E-state index in [0.29, 0.717) is 5.92 Å². The van der Waals surface area contributed by atoms with E-state index < -0.39 is 0 Å². The van der Waals surface area contributed by atoms with Crippen LogP contribution in [0.15, 0.2) is 35.0 Å². The first kappa shape index (κ1) is 9.74. The van der Waals surface area contributed by atoms with Crippen LogP contribution >= 0.6 is 22.7 Å². The number of thiophene rings is 2. The van der Waals surface area contributed by atoms with Gasteiger partial charge in [0.1, 0.15) is 0 Å². The minimum absolute atomic E-state index is 0.595. The molecule has 1 nitrogen and oxygen atoms in total. The molecule has 0 spiro atoms. The third-order valence-corrected chi connectivity index (χ3v) is 4.06. The quantitative estimate of drug-likeness (QED) is 0.825. The maximum absolute atomic E-state index is 3.44. The van der Waals surface area contributed by atoms with Crippen molar-refractivity contribution in [3.8, 4) is 0 Å². The fourth-order valence-electron chi connectivity index (χ4n) is 1.31. The molecule has 0 aliphatic heterocycles. The van der Waals surface area contributed by atoms with Crippen molar-refractivity contribution in [2.45, 2.75) is 12.8 Å². The molecule has 0 bridgehead atoms. The van der Waals surface area contributed by atoms with Gasteiger partial charge in [0.15, 0.2) is 0 Å². The normalized spacial score (nSPS) is 12.6. The summed E-state index contributed by atoms with van der Waals surface area (Å²) in [6.45, 7) is 3.27. The Morgan fingerprint density at radius 2 is 2.00 bits per heavy atom. The second kappa shape index (κ2) is 4.62. The van der Waals surface area contributed by atoms with Crippen molar-refractivity contribution in [1.29, 1.82) is 0 Å². The number of hydrogen-bond acceptors (Lipinski definition) is 3. The summed E-state index contributed by atoms with van der Waals surface area (Å²) in [6.07, 6.45) is 0. The highest BCUT2D eigenvalue weighted by Gasteiger charge is 2.05. The second-order valence-corrected chi connectivity index (χ2v) is 5.20. The van der Waals surface area contributed by atoms with Gasteiger partial charge < -0.3 is 5.32 Å². The lowest BCUT2D eigenvalue weighted by atomic mass is 10.1. The van der Waals surface area contributed by atoms with E-state index in [-0.39, 0.29) is 0 Å². The van der Waals surface area contributed by atoms with Gasteiger partial charge in [-0.25, -0.2) is 0 Å². The lowest BCUT2D eigenvalue weighted by molar-refractivity contribution is 0.824. The Labute approximate surface area is 92.4 Å². The summed E-state index contributed by atoms with van der Waals surface area (Å²) < 4.78 is 0. The molecule has 3 heteroatoms. The molecule has 0 fully saturated rings. The summed E-state index contributed by atoms with van der Waals surface area (Å²) in [6, 6.07) is 8.50. The molecule has 2 rings (SSSR count). The summed E-state index contributed by atoms with van der Waals surface area (Å²) in [5.74, 6) is 0.595. The van der Waals surface area contributed by atoms with Gasteiger partial charge in [-0.2, -0.15) is 0 Å². The molecule has 74 valence electrons. The van der Waals surface area contributed by atoms with E-state index in [1.807, 2.05) is 11.3 Å². The molecule has 0 radical (unpaired) electrons. The van der Waals surface area contributed by atoms with Gasteiger partial charge in [-0.05, 0) is 29.0 Å². The van der Waals surface area contributed by atoms with Crippen molar-refractivity contribution < 1.29 is 0 Å². The van der Waals surface area contributed by atoms with Crippen molar-refractivity contribution in [3.05, 3.63) is 39.9 Å². The SMILES string of the molecule is CC(CNc1cccs1)c1cccs1. The summed E-state index contributed by atoms with van der Waals surface area (Å²) >= 11 is 3.59. The zero-order chi connectivity index (χ0) is 9.80. The van der Waals surface area contributed by atoms with E-state index in [0.717, 1.165) is 6.54 Å². The predicted octanol–water partition coefficient (Wildman–Crippen LogP) is 4.03. The molecule has 14 heavy (non-hydrogen) atoms. The smallest absolute Gasteiger partial charge is 0.0882 e. The number of hydrogen-bond donors (Lipinski definition) is 1. The molecule has 2 heterocycles. The Morgan fingerprint density at radius 3 is 2.64 bits per heavy atom. The molecule has 2 aromatic heterocycles. The minimum atomic E-state index is 0.595. The standard InChI is InChI=1S/C11H13NS2/c1-9(10-4-2-6-13-10)8-12-11-5-3-7-14-11/h2-7,9,12H,8H2,1H3. The summed E-state index contributed by atoms with van der Waals surface area (Å²) in [7, 11) is 0. The van der Waals surface area contributed by atoms with Gasteiger partial charge in [0.05, 0.1) is 5.00 Å². The van der Waals surface area contributed by atoms with Crippen LogP contribution in [0.2, 0.25) is 0 Å².